The molecule has 0 aromatic heterocycles. The van der Waals surface area contributed by atoms with Crippen molar-refractivity contribution in [2.45, 2.75) is 37.0 Å². The van der Waals surface area contributed by atoms with E-state index >= 15 is 0 Å². The number of rotatable bonds is 13. The lowest BCUT2D eigenvalue weighted by Crippen LogP contribution is -2.58. The summed E-state index contributed by atoms with van der Waals surface area (Å²) in [6.45, 7) is 0. The van der Waals surface area contributed by atoms with Crippen LogP contribution in [0, 0.1) is 0 Å². The number of hydrogen-bond donors (Lipinski definition) is 9. The SMILES string of the molecule is NC(=O)CC(NC(=O)C(CS)NC(=O)C(CC(N)=O)NC(=O)C(N)CS)C(=O)O. The van der Waals surface area contributed by atoms with Crippen LogP contribution in [0.15, 0.2) is 0 Å². The summed E-state index contributed by atoms with van der Waals surface area (Å²) in [6, 6.07) is -5.47. The lowest BCUT2D eigenvalue weighted by Gasteiger charge is -2.23. The number of aliphatic carboxylic acids is 1. The summed E-state index contributed by atoms with van der Waals surface area (Å²) in [6.07, 6.45) is -1.26. The molecule has 0 fully saturated rings. The zero-order chi connectivity index (χ0) is 22.7. The van der Waals surface area contributed by atoms with Crippen LogP contribution in [0.4, 0.5) is 0 Å². The first-order valence-electron chi connectivity index (χ1n) is 8.10. The summed E-state index contributed by atoms with van der Waals surface area (Å²) < 4.78 is 0. The molecular weight excluding hydrogens is 428 g/mol. The Balaban J connectivity index is 5.23. The normalized spacial score (nSPS) is 14.6. The molecule has 0 bridgehead atoms. The highest BCUT2D eigenvalue weighted by molar-refractivity contribution is 7.80. The molecule has 0 aromatic carbocycles. The van der Waals surface area contributed by atoms with Crippen LogP contribution < -0.4 is 33.2 Å². The van der Waals surface area contributed by atoms with Crippen LogP contribution in [0.1, 0.15) is 12.8 Å². The Kier molecular flexibility index (Phi) is 11.7. The molecule has 0 rings (SSSR count). The van der Waals surface area contributed by atoms with E-state index in [9.17, 15) is 28.8 Å². The Morgan fingerprint density at radius 1 is 0.724 bits per heavy atom. The van der Waals surface area contributed by atoms with Gasteiger partial charge in [0, 0.05) is 11.5 Å². The Morgan fingerprint density at radius 3 is 1.55 bits per heavy atom. The van der Waals surface area contributed by atoms with E-state index in [2.05, 4.69) is 35.9 Å². The Labute approximate surface area is 176 Å². The number of primary amides is 2. The molecule has 13 nitrogen and oxygen atoms in total. The summed E-state index contributed by atoms with van der Waals surface area (Å²) in [5.74, 6) is -6.40. The number of carboxylic acid groups (broad SMARTS) is 1. The number of carbonyl (C=O) groups is 6. The molecule has 4 unspecified atom stereocenters. The standard InChI is InChI=1S/C14H24N6O7S2/c15-5(3-28)11(23)18-6(1-9(16)21)12(24)20-8(4-29)13(25)19-7(14(26)27)2-10(17)22/h5-8,28-29H,1-4,15H2,(H2,16,21)(H2,17,22)(H,18,23)(H,19,25)(H,20,24)(H,26,27). The molecule has 0 aliphatic rings. The predicted octanol–water partition coefficient (Wildman–Crippen LogP) is -4.54. The first-order valence-corrected chi connectivity index (χ1v) is 9.37. The maximum Gasteiger partial charge on any atom is 0.326 e. The lowest BCUT2D eigenvalue weighted by atomic mass is 10.1. The van der Waals surface area contributed by atoms with Crippen LogP contribution in [0.25, 0.3) is 0 Å². The molecule has 0 aromatic rings. The van der Waals surface area contributed by atoms with Gasteiger partial charge in [0.05, 0.1) is 18.9 Å². The quantitative estimate of drug-likeness (QED) is 0.123. The fourth-order valence-corrected chi connectivity index (χ4v) is 2.34. The van der Waals surface area contributed by atoms with Gasteiger partial charge in [-0.3, -0.25) is 24.0 Å². The topological polar surface area (TPSA) is 237 Å². The van der Waals surface area contributed by atoms with Crippen molar-refractivity contribution in [3.05, 3.63) is 0 Å². The average Bonchev–Trinajstić information content (AvgIpc) is 2.62. The van der Waals surface area contributed by atoms with Gasteiger partial charge in [0.2, 0.25) is 29.5 Å². The third kappa shape index (κ3) is 10.00. The maximum absolute atomic E-state index is 12.4. The van der Waals surface area contributed by atoms with E-state index in [-0.39, 0.29) is 11.5 Å². The highest BCUT2D eigenvalue weighted by Crippen LogP contribution is 1.99. The van der Waals surface area contributed by atoms with Crippen molar-refractivity contribution in [1.82, 2.24) is 16.0 Å². The monoisotopic (exact) mass is 452 g/mol. The van der Waals surface area contributed by atoms with Gasteiger partial charge in [-0.2, -0.15) is 25.3 Å². The van der Waals surface area contributed by atoms with E-state index in [0.717, 1.165) is 0 Å². The molecule has 29 heavy (non-hydrogen) atoms. The predicted molar refractivity (Wildman–Crippen MR) is 107 cm³/mol. The Hall–Kier alpha value is -2.52. The number of thiol groups is 2. The van der Waals surface area contributed by atoms with Crippen molar-refractivity contribution in [3.8, 4) is 0 Å². The molecule has 0 spiro atoms. The van der Waals surface area contributed by atoms with Crippen molar-refractivity contribution in [2.75, 3.05) is 11.5 Å². The van der Waals surface area contributed by atoms with Gasteiger partial charge in [0.1, 0.15) is 18.1 Å². The van der Waals surface area contributed by atoms with E-state index < -0.39 is 72.5 Å². The summed E-state index contributed by atoms with van der Waals surface area (Å²) in [4.78, 5) is 69.7. The molecule has 0 heterocycles. The minimum Gasteiger partial charge on any atom is -0.480 e. The van der Waals surface area contributed by atoms with Crippen LogP contribution in [-0.4, -0.2) is 76.3 Å². The van der Waals surface area contributed by atoms with Crippen LogP contribution >= 0.6 is 25.3 Å². The van der Waals surface area contributed by atoms with Crippen LogP contribution in [0.5, 0.6) is 0 Å². The highest BCUT2D eigenvalue weighted by Gasteiger charge is 2.30. The second-order valence-corrected chi connectivity index (χ2v) is 6.56. The Morgan fingerprint density at radius 2 is 1.14 bits per heavy atom. The molecule has 5 amide bonds. The number of amides is 5. The van der Waals surface area contributed by atoms with E-state index in [4.69, 9.17) is 22.3 Å². The van der Waals surface area contributed by atoms with E-state index in [1.54, 1.807) is 0 Å². The van der Waals surface area contributed by atoms with Crippen molar-refractivity contribution in [3.63, 3.8) is 0 Å². The molecule has 0 radical (unpaired) electrons. The average molecular weight is 453 g/mol. The molecule has 4 atom stereocenters. The summed E-state index contributed by atoms with van der Waals surface area (Å²) >= 11 is 7.75. The van der Waals surface area contributed by atoms with Crippen LogP contribution in [0.2, 0.25) is 0 Å². The van der Waals surface area contributed by atoms with Gasteiger partial charge in [-0.1, -0.05) is 0 Å². The number of nitrogens with two attached hydrogens (primary N) is 3. The molecule has 10 N–H and O–H groups in total. The first-order chi connectivity index (χ1) is 13.4. The number of hydrogen-bond acceptors (Lipinski definition) is 9. The summed E-state index contributed by atoms with van der Waals surface area (Å²) in [5.41, 5.74) is 15.5. The van der Waals surface area contributed by atoms with Gasteiger partial charge in [-0.05, 0) is 0 Å². The van der Waals surface area contributed by atoms with Gasteiger partial charge in [0.25, 0.3) is 0 Å². The van der Waals surface area contributed by atoms with E-state index in [1.807, 2.05) is 5.32 Å². The third-order valence-corrected chi connectivity index (χ3v) is 4.17. The minimum atomic E-state index is -1.62. The molecule has 15 heteroatoms. The van der Waals surface area contributed by atoms with Gasteiger partial charge in [-0.15, -0.1) is 0 Å². The van der Waals surface area contributed by atoms with Crippen molar-refractivity contribution < 1.29 is 33.9 Å². The summed E-state index contributed by atoms with van der Waals surface area (Å²) in [5, 5.41) is 15.5. The molecule has 0 aliphatic carbocycles. The van der Waals surface area contributed by atoms with Crippen LogP contribution in [0.3, 0.4) is 0 Å². The molecule has 0 saturated heterocycles. The van der Waals surface area contributed by atoms with Gasteiger partial charge in [-0.25, -0.2) is 4.79 Å². The van der Waals surface area contributed by atoms with Crippen molar-refractivity contribution in [1.29, 1.82) is 0 Å². The van der Waals surface area contributed by atoms with Gasteiger partial charge < -0.3 is 38.3 Å². The van der Waals surface area contributed by atoms with Crippen molar-refractivity contribution >= 4 is 60.8 Å². The second kappa shape index (κ2) is 12.8. The maximum atomic E-state index is 12.4. The fraction of sp³-hybridized carbons (Fsp3) is 0.571. The first kappa shape index (κ1) is 26.5. The third-order valence-electron chi connectivity index (χ3n) is 3.41. The smallest absolute Gasteiger partial charge is 0.326 e. The summed E-state index contributed by atoms with van der Waals surface area (Å²) in [7, 11) is 0. The second-order valence-electron chi connectivity index (χ2n) is 5.83. The molecular formula is C14H24N6O7S2. The van der Waals surface area contributed by atoms with E-state index in [1.165, 1.54) is 0 Å². The van der Waals surface area contributed by atoms with Crippen LogP contribution in [-0.2, 0) is 28.8 Å². The molecule has 164 valence electrons. The molecule has 0 aliphatic heterocycles. The molecule has 0 saturated carbocycles. The number of carboxylic acids is 1. The number of carbonyl (C=O) groups excluding carboxylic acids is 5. The fourth-order valence-electron chi connectivity index (χ4n) is 1.91. The van der Waals surface area contributed by atoms with Gasteiger partial charge >= 0.3 is 5.97 Å². The zero-order valence-electron chi connectivity index (χ0n) is 15.2. The lowest BCUT2D eigenvalue weighted by molar-refractivity contribution is -0.143. The van der Waals surface area contributed by atoms with E-state index in [0.29, 0.717) is 0 Å². The highest BCUT2D eigenvalue weighted by atomic mass is 32.1. The zero-order valence-corrected chi connectivity index (χ0v) is 16.9. The number of nitrogens with one attached hydrogen (secondary N) is 3. The van der Waals surface area contributed by atoms with Gasteiger partial charge in [0.15, 0.2) is 0 Å². The van der Waals surface area contributed by atoms with Crippen molar-refractivity contribution in [2.24, 2.45) is 17.2 Å². The minimum absolute atomic E-state index is 0.0329. The largest absolute Gasteiger partial charge is 0.480 e. The Bertz CT molecular complexity index is 662.